The van der Waals surface area contributed by atoms with Gasteiger partial charge < -0.3 is 15.0 Å². The van der Waals surface area contributed by atoms with E-state index in [9.17, 15) is 9.90 Å². The molecule has 5 heteroatoms. The lowest BCUT2D eigenvalue weighted by Gasteiger charge is -2.09. The minimum absolute atomic E-state index is 0. The van der Waals surface area contributed by atoms with Gasteiger partial charge in [0.1, 0.15) is 5.75 Å². The van der Waals surface area contributed by atoms with Crippen molar-refractivity contribution in [3.8, 4) is 5.75 Å². The van der Waals surface area contributed by atoms with Crippen LogP contribution in [0.1, 0.15) is 18.5 Å². The standard InChI is InChI=1S/C15H20N2O2.ClH/c1-17(2)9-4-3-6-11-10-13-12(15(19)16-11)7-5-8-14(13)18;/h5,7-8,10,18H,3-4,6,9H2,1-2H3,(H,16,19);1H. The number of rotatable bonds is 5. The summed E-state index contributed by atoms with van der Waals surface area (Å²) in [5.41, 5.74) is 0.758. The Balaban J connectivity index is 0.00000200. The van der Waals surface area contributed by atoms with Crippen LogP contribution in [0.25, 0.3) is 10.8 Å². The van der Waals surface area contributed by atoms with E-state index in [4.69, 9.17) is 0 Å². The average Bonchev–Trinajstić information content (AvgIpc) is 2.36. The van der Waals surface area contributed by atoms with E-state index in [1.807, 2.05) is 6.07 Å². The number of phenolic OH excluding ortho intramolecular Hbond substituents is 1. The Morgan fingerprint density at radius 1 is 1.20 bits per heavy atom. The number of pyridine rings is 1. The van der Waals surface area contributed by atoms with Gasteiger partial charge in [0, 0.05) is 11.1 Å². The quantitative estimate of drug-likeness (QED) is 0.834. The van der Waals surface area contributed by atoms with Gasteiger partial charge in [-0.1, -0.05) is 6.07 Å². The summed E-state index contributed by atoms with van der Waals surface area (Å²) in [6, 6.07) is 6.90. The lowest BCUT2D eigenvalue weighted by atomic mass is 10.1. The molecule has 2 rings (SSSR count). The number of aromatic nitrogens is 1. The van der Waals surface area contributed by atoms with Crippen molar-refractivity contribution in [1.82, 2.24) is 9.88 Å². The molecule has 1 heterocycles. The molecule has 0 radical (unpaired) electrons. The van der Waals surface area contributed by atoms with Gasteiger partial charge in [0.25, 0.3) is 5.56 Å². The van der Waals surface area contributed by atoms with Gasteiger partial charge in [0.2, 0.25) is 0 Å². The van der Waals surface area contributed by atoms with Gasteiger partial charge in [-0.05, 0) is 58.1 Å². The minimum atomic E-state index is -0.129. The number of hydrogen-bond donors (Lipinski definition) is 2. The third kappa shape index (κ3) is 3.99. The molecule has 0 bridgehead atoms. The first-order valence-electron chi connectivity index (χ1n) is 6.56. The Bertz CT molecular complexity index is 623. The number of fused-ring (bicyclic) bond motifs is 1. The number of benzene rings is 1. The molecule has 110 valence electrons. The van der Waals surface area contributed by atoms with Crippen LogP contribution in [-0.4, -0.2) is 35.6 Å². The summed E-state index contributed by atoms with van der Waals surface area (Å²) < 4.78 is 0. The predicted octanol–water partition coefficient (Wildman–Crippen LogP) is 2.54. The predicted molar refractivity (Wildman–Crippen MR) is 85.0 cm³/mol. The van der Waals surface area contributed by atoms with Crippen molar-refractivity contribution >= 4 is 23.2 Å². The first-order valence-corrected chi connectivity index (χ1v) is 6.56. The van der Waals surface area contributed by atoms with E-state index < -0.39 is 0 Å². The molecule has 2 aromatic rings. The third-order valence-electron chi connectivity index (χ3n) is 3.22. The molecular weight excluding hydrogens is 276 g/mol. The van der Waals surface area contributed by atoms with Gasteiger partial charge in [0.05, 0.1) is 5.39 Å². The zero-order valence-corrected chi connectivity index (χ0v) is 12.7. The molecule has 0 aliphatic rings. The van der Waals surface area contributed by atoms with E-state index in [1.165, 1.54) is 0 Å². The Hall–Kier alpha value is -1.52. The molecule has 1 aromatic heterocycles. The van der Waals surface area contributed by atoms with Crippen molar-refractivity contribution in [3.05, 3.63) is 40.3 Å². The molecule has 0 saturated carbocycles. The maximum Gasteiger partial charge on any atom is 0.256 e. The van der Waals surface area contributed by atoms with Gasteiger partial charge in [0.15, 0.2) is 0 Å². The Kier molecular flexibility index (Phi) is 6.05. The van der Waals surface area contributed by atoms with Crippen molar-refractivity contribution in [2.24, 2.45) is 0 Å². The fourth-order valence-corrected chi connectivity index (χ4v) is 2.20. The topological polar surface area (TPSA) is 56.3 Å². The smallest absolute Gasteiger partial charge is 0.256 e. The number of phenols is 1. The second-order valence-electron chi connectivity index (χ2n) is 5.12. The van der Waals surface area contributed by atoms with Crippen LogP contribution in [0.15, 0.2) is 29.1 Å². The molecular formula is C15H21ClN2O2. The molecule has 0 amide bonds. The van der Waals surface area contributed by atoms with Crippen LogP contribution in [0, 0.1) is 0 Å². The second-order valence-corrected chi connectivity index (χ2v) is 5.12. The molecule has 0 fully saturated rings. The number of unbranched alkanes of at least 4 members (excludes halogenated alkanes) is 1. The first kappa shape index (κ1) is 16.5. The van der Waals surface area contributed by atoms with Crippen molar-refractivity contribution < 1.29 is 5.11 Å². The number of H-pyrrole nitrogens is 1. The van der Waals surface area contributed by atoms with E-state index >= 15 is 0 Å². The van der Waals surface area contributed by atoms with E-state index in [1.54, 1.807) is 18.2 Å². The van der Waals surface area contributed by atoms with Crippen LogP contribution in [0.4, 0.5) is 0 Å². The highest BCUT2D eigenvalue weighted by molar-refractivity contribution is 5.87. The van der Waals surface area contributed by atoms with Crippen LogP contribution in [0.3, 0.4) is 0 Å². The summed E-state index contributed by atoms with van der Waals surface area (Å²) >= 11 is 0. The summed E-state index contributed by atoms with van der Waals surface area (Å²) in [5, 5.41) is 11.0. The second kappa shape index (κ2) is 7.31. The summed E-state index contributed by atoms with van der Waals surface area (Å²) in [4.78, 5) is 17.0. The number of aromatic amines is 1. The van der Waals surface area contributed by atoms with E-state index in [-0.39, 0.29) is 23.7 Å². The molecule has 4 nitrogen and oxygen atoms in total. The molecule has 1 aromatic carbocycles. The SMILES string of the molecule is CN(C)CCCCc1cc2c(O)cccc2c(=O)[nH]1.Cl. The van der Waals surface area contributed by atoms with Gasteiger partial charge in [-0.25, -0.2) is 0 Å². The zero-order chi connectivity index (χ0) is 13.8. The lowest BCUT2D eigenvalue weighted by Crippen LogP contribution is -2.13. The minimum Gasteiger partial charge on any atom is -0.507 e. The lowest BCUT2D eigenvalue weighted by molar-refractivity contribution is 0.394. The van der Waals surface area contributed by atoms with Crippen LogP contribution >= 0.6 is 12.4 Å². The fourth-order valence-electron chi connectivity index (χ4n) is 2.20. The number of nitrogens with zero attached hydrogens (tertiary/aromatic N) is 1. The number of aryl methyl sites for hydroxylation is 1. The summed E-state index contributed by atoms with van der Waals surface area (Å²) in [6.45, 7) is 1.04. The average molecular weight is 297 g/mol. The summed E-state index contributed by atoms with van der Waals surface area (Å²) in [6.07, 6.45) is 2.94. The molecule has 0 atom stereocenters. The number of nitrogens with one attached hydrogen (secondary N) is 1. The third-order valence-corrected chi connectivity index (χ3v) is 3.22. The Morgan fingerprint density at radius 2 is 1.95 bits per heavy atom. The summed E-state index contributed by atoms with van der Waals surface area (Å²) in [5.74, 6) is 0.165. The Labute approximate surface area is 124 Å². The van der Waals surface area contributed by atoms with Gasteiger partial charge in [-0.2, -0.15) is 0 Å². The van der Waals surface area contributed by atoms with E-state index in [0.29, 0.717) is 10.8 Å². The fraction of sp³-hybridized carbons (Fsp3) is 0.400. The van der Waals surface area contributed by atoms with Crippen molar-refractivity contribution in [3.63, 3.8) is 0 Å². The highest BCUT2D eigenvalue weighted by atomic mass is 35.5. The normalized spacial score (nSPS) is 10.8. The largest absolute Gasteiger partial charge is 0.507 e. The maximum atomic E-state index is 11.9. The van der Waals surface area contributed by atoms with E-state index in [2.05, 4.69) is 24.0 Å². The highest BCUT2D eigenvalue weighted by Gasteiger charge is 2.05. The summed E-state index contributed by atoms with van der Waals surface area (Å²) in [7, 11) is 4.10. The molecule has 0 aliphatic heterocycles. The van der Waals surface area contributed by atoms with Gasteiger partial charge in [-0.3, -0.25) is 4.79 Å². The van der Waals surface area contributed by atoms with Crippen molar-refractivity contribution in [2.75, 3.05) is 20.6 Å². The Morgan fingerprint density at radius 3 is 2.65 bits per heavy atom. The molecule has 0 aliphatic carbocycles. The van der Waals surface area contributed by atoms with Crippen LogP contribution in [0.2, 0.25) is 0 Å². The van der Waals surface area contributed by atoms with Gasteiger partial charge >= 0.3 is 0 Å². The van der Waals surface area contributed by atoms with Gasteiger partial charge in [-0.15, -0.1) is 12.4 Å². The number of halogens is 1. The molecule has 2 N–H and O–H groups in total. The van der Waals surface area contributed by atoms with Crippen LogP contribution in [-0.2, 0) is 6.42 Å². The highest BCUT2D eigenvalue weighted by Crippen LogP contribution is 2.22. The zero-order valence-electron chi connectivity index (χ0n) is 11.8. The molecule has 0 spiro atoms. The van der Waals surface area contributed by atoms with Crippen LogP contribution in [0.5, 0.6) is 5.75 Å². The monoisotopic (exact) mass is 296 g/mol. The van der Waals surface area contributed by atoms with Crippen molar-refractivity contribution in [1.29, 1.82) is 0 Å². The molecule has 0 saturated heterocycles. The molecule has 0 unspecified atom stereocenters. The maximum absolute atomic E-state index is 11.9. The van der Waals surface area contributed by atoms with E-state index in [0.717, 1.165) is 31.5 Å². The number of hydrogen-bond acceptors (Lipinski definition) is 3. The number of aromatic hydroxyl groups is 1. The first-order chi connectivity index (χ1) is 9.08. The molecule has 20 heavy (non-hydrogen) atoms. The van der Waals surface area contributed by atoms with Crippen LogP contribution < -0.4 is 5.56 Å². The van der Waals surface area contributed by atoms with Crippen molar-refractivity contribution in [2.45, 2.75) is 19.3 Å².